The topological polar surface area (TPSA) is 66.4 Å². The molecule has 18 heavy (non-hydrogen) atoms. The second-order valence-electron chi connectivity index (χ2n) is 4.60. The zero-order valence-electron chi connectivity index (χ0n) is 11.5. The van der Waals surface area contributed by atoms with Gasteiger partial charge < -0.3 is 10.4 Å². The molecule has 0 rings (SSSR count). The van der Waals surface area contributed by atoms with Crippen molar-refractivity contribution >= 4 is 11.9 Å². The van der Waals surface area contributed by atoms with E-state index in [0.29, 0.717) is 13.0 Å². The SMILES string of the molecule is CC(C)=CCC/C(C)=C/C(=O)NCCCC(=O)O. The molecule has 0 heterocycles. The second kappa shape index (κ2) is 9.45. The first-order valence-corrected chi connectivity index (χ1v) is 6.22. The Morgan fingerprint density at radius 3 is 2.39 bits per heavy atom. The van der Waals surface area contributed by atoms with Crippen molar-refractivity contribution in [3.63, 3.8) is 0 Å². The first kappa shape index (κ1) is 16.4. The van der Waals surface area contributed by atoms with Crippen LogP contribution in [0.25, 0.3) is 0 Å². The first-order valence-electron chi connectivity index (χ1n) is 6.22. The van der Waals surface area contributed by atoms with E-state index in [1.165, 1.54) is 5.57 Å². The normalized spacial score (nSPS) is 10.9. The van der Waals surface area contributed by atoms with Crippen molar-refractivity contribution in [1.29, 1.82) is 0 Å². The minimum Gasteiger partial charge on any atom is -0.481 e. The highest BCUT2D eigenvalue weighted by molar-refractivity contribution is 5.88. The molecule has 0 aromatic rings. The molecule has 4 heteroatoms. The average Bonchev–Trinajstić information content (AvgIpc) is 2.23. The summed E-state index contributed by atoms with van der Waals surface area (Å²) in [6, 6.07) is 0. The summed E-state index contributed by atoms with van der Waals surface area (Å²) in [5.74, 6) is -0.979. The molecule has 0 aromatic carbocycles. The molecule has 0 aliphatic heterocycles. The number of rotatable bonds is 8. The largest absolute Gasteiger partial charge is 0.481 e. The molecule has 4 nitrogen and oxygen atoms in total. The first-order chi connectivity index (χ1) is 8.41. The molecule has 0 atom stereocenters. The molecule has 1 amide bonds. The second-order valence-corrected chi connectivity index (χ2v) is 4.60. The van der Waals surface area contributed by atoms with Crippen LogP contribution in [0.1, 0.15) is 46.5 Å². The zero-order chi connectivity index (χ0) is 14.0. The summed E-state index contributed by atoms with van der Waals surface area (Å²) in [4.78, 5) is 21.7. The van der Waals surface area contributed by atoms with E-state index in [1.807, 2.05) is 20.8 Å². The molecule has 0 fully saturated rings. The van der Waals surface area contributed by atoms with E-state index >= 15 is 0 Å². The molecule has 0 saturated heterocycles. The maximum atomic E-state index is 11.4. The van der Waals surface area contributed by atoms with Crippen molar-refractivity contribution in [3.05, 3.63) is 23.3 Å². The van der Waals surface area contributed by atoms with E-state index in [-0.39, 0.29) is 12.3 Å². The molecule has 2 N–H and O–H groups in total. The maximum absolute atomic E-state index is 11.4. The van der Waals surface area contributed by atoms with Crippen molar-refractivity contribution in [2.45, 2.75) is 46.5 Å². The quantitative estimate of drug-likeness (QED) is 0.397. The summed E-state index contributed by atoms with van der Waals surface area (Å²) >= 11 is 0. The fraction of sp³-hybridized carbons (Fsp3) is 0.571. The Kier molecular flexibility index (Phi) is 8.62. The Labute approximate surface area is 109 Å². The molecule has 0 radical (unpaired) electrons. The number of carbonyl (C=O) groups excluding carboxylic acids is 1. The van der Waals surface area contributed by atoms with Crippen LogP contribution in [0.5, 0.6) is 0 Å². The number of hydrogen-bond acceptors (Lipinski definition) is 2. The van der Waals surface area contributed by atoms with E-state index in [1.54, 1.807) is 6.08 Å². The predicted molar refractivity (Wildman–Crippen MR) is 72.3 cm³/mol. The van der Waals surface area contributed by atoms with Gasteiger partial charge in [0.05, 0.1) is 0 Å². The lowest BCUT2D eigenvalue weighted by atomic mass is 10.1. The van der Waals surface area contributed by atoms with Gasteiger partial charge in [0.2, 0.25) is 5.91 Å². The smallest absolute Gasteiger partial charge is 0.303 e. The Hall–Kier alpha value is -1.58. The number of aliphatic carboxylic acids is 1. The summed E-state index contributed by atoms with van der Waals surface area (Å²) in [6.45, 7) is 6.43. The summed E-state index contributed by atoms with van der Waals surface area (Å²) in [5.41, 5.74) is 2.31. The highest BCUT2D eigenvalue weighted by atomic mass is 16.4. The van der Waals surface area contributed by atoms with Crippen molar-refractivity contribution in [3.8, 4) is 0 Å². The number of amides is 1. The van der Waals surface area contributed by atoms with E-state index in [4.69, 9.17) is 5.11 Å². The molecule has 0 aliphatic rings. The average molecular weight is 253 g/mol. The van der Waals surface area contributed by atoms with Crippen LogP contribution in [0, 0.1) is 0 Å². The lowest BCUT2D eigenvalue weighted by Gasteiger charge is -2.02. The van der Waals surface area contributed by atoms with Gasteiger partial charge in [0.15, 0.2) is 0 Å². The molecule has 0 bridgehead atoms. The minimum atomic E-state index is -0.835. The highest BCUT2D eigenvalue weighted by Crippen LogP contribution is 2.06. The van der Waals surface area contributed by atoms with Gasteiger partial charge in [-0.15, -0.1) is 0 Å². The van der Waals surface area contributed by atoms with Crippen LogP contribution in [0.2, 0.25) is 0 Å². The number of allylic oxidation sites excluding steroid dienone is 3. The molecular formula is C14H23NO3. The lowest BCUT2D eigenvalue weighted by Crippen LogP contribution is -2.23. The van der Waals surface area contributed by atoms with Crippen LogP contribution in [0.3, 0.4) is 0 Å². The van der Waals surface area contributed by atoms with Gasteiger partial charge in [-0.2, -0.15) is 0 Å². The van der Waals surface area contributed by atoms with Crippen LogP contribution >= 0.6 is 0 Å². The van der Waals surface area contributed by atoms with Crippen molar-refractivity contribution in [2.75, 3.05) is 6.54 Å². The van der Waals surface area contributed by atoms with Crippen molar-refractivity contribution in [1.82, 2.24) is 5.32 Å². The monoisotopic (exact) mass is 253 g/mol. The van der Waals surface area contributed by atoms with Gasteiger partial charge in [-0.05, 0) is 40.0 Å². The molecular weight excluding hydrogens is 230 g/mol. The molecule has 0 aromatic heterocycles. The number of carbonyl (C=O) groups is 2. The van der Waals surface area contributed by atoms with E-state index in [9.17, 15) is 9.59 Å². The van der Waals surface area contributed by atoms with E-state index in [2.05, 4.69) is 11.4 Å². The third-order valence-corrected chi connectivity index (χ3v) is 2.34. The standard InChI is InChI=1S/C14H23NO3/c1-11(2)6-4-7-12(3)10-13(16)15-9-5-8-14(17)18/h6,10H,4-5,7-9H2,1-3H3,(H,15,16)(H,17,18)/b12-10+. The predicted octanol–water partition coefficient (Wildman–Crippen LogP) is 2.66. The maximum Gasteiger partial charge on any atom is 0.303 e. The van der Waals surface area contributed by atoms with Gasteiger partial charge in [-0.1, -0.05) is 17.2 Å². The van der Waals surface area contributed by atoms with Crippen LogP contribution in [-0.4, -0.2) is 23.5 Å². The fourth-order valence-electron chi connectivity index (χ4n) is 1.39. The number of carboxylic acids is 1. The van der Waals surface area contributed by atoms with Gasteiger partial charge in [-0.3, -0.25) is 9.59 Å². The zero-order valence-corrected chi connectivity index (χ0v) is 11.5. The number of carboxylic acid groups (broad SMARTS) is 1. The number of nitrogens with one attached hydrogen (secondary N) is 1. The highest BCUT2D eigenvalue weighted by Gasteiger charge is 1.99. The van der Waals surface area contributed by atoms with E-state index in [0.717, 1.165) is 18.4 Å². The van der Waals surface area contributed by atoms with Crippen molar-refractivity contribution < 1.29 is 14.7 Å². The molecule has 0 saturated carbocycles. The number of hydrogen-bond donors (Lipinski definition) is 2. The van der Waals surface area contributed by atoms with Crippen LogP contribution in [-0.2, 0) is 9.59 Å². The molecule has 0 aliphatic carbocycles. The van der Waals surface area contributed by atoms with Gasteiger partial charge in [0.1, 0.15) is 0 Å². The Bertz CT molecular complexity index is 339. The van der Waals surface area contributed by atoms with Gasteiger partial charge in [-0.25, -0.2) is 0 Å². The van der Waals surface area contributed by atoms with Gasteiger partial charge in [0.25, 0.3) is 0 Å². The molecule has 102 valence electrons. The summed E-state index contributed by atoms with van der Waals surface area (Å²) in [6.07, 6.45) is 6.08. The van der Waals surface area contributed by atoms with Gasteiger partial charge >= 0.3 is 5.97 Å². The fourth-order valence-corrected chi connectivity index (χ4v) is 1.39. The van der Waals surface area contributed by atoms with E-state index < -0.39 is 5.97 Å². The Morgan fingerprint density at radius 1 is 1.17 bits per heavy atom. The third-order valence-electron chi connectivity index (χ3n) is 2.34. The van der Waals surface area contributed by atoms with Crippen LogP contribution < -0.4 is 5.32 Å². The summed E-state index contributed by atoms with van der Waals surface area (Å²) < 4.78 is 0. The summed E-state index contributed by atoms with van der Waals surface area (Å²) in [5, 5.41) is 11.1. The Balaban J connectivity index is 3.83. The van der Waals surface area contributed by atoms with Gasteiger partial charge in [0, 0.05) is 19.0 Å². The van der Waals surface area contributed by atoms with Crippen LogP contribution in [0.4, 0.5) is 0 Å². The molecule has 0 unspecified atom stereocenters. The Morgan fingerprint density at radius 2 is 1.83 bits per heavy atom. The molecule has 0 spiro atoms. The minimum absolute atomic E-state index is 0.0869. The third kappa shape index (κ3) is 10.9. The lowest BCUT2D eigenvalue weighted by molar-refractivity contribution is -0.137. The summed E-state index contributed by atoms with van der Waals surface area (Å²) in [7, 11) is 0. The van der Waals surface area contributed by atoms with Crippen molar-refractivity contribution in [2.24, 2.45) is 0 Å². The van der Waals surface area contributed by atoms with Crippen LogP contribution in [0.15, 0.2) is 23.3 Å².